The zero-order chi connectivity index (χ0) is 19.0. The van der Waals surface area contributed by atoms with Gasteiger partial charge in [-0.25, -0.2) is 14.8 Å². The molecule has 1 amide bonds. The SMILES string of the molecule is Cl.NCCOc1ccc(-c2cncn2-c2nn(C(N)=O)c3ncsc23)c(Cl)c1. The van der Waals surface area contributed by atoms with E-state index in [-0.39, 0.29) is 12.4 Å². The van der Waals surface area contributed by atoms with Crippen molar-refractivity contribution in [1.29, 1.82) is 0 Å². The van der Waals surface area contributed by atoms with Crippen LogP contribution >= 0.6 is 35.3 Å². The molecular weight excluding hydrogens is 425 g/mol. The minimum absolute atomic E-state index is 0. The molecule has 28 heavy (non-hydrogen) atoms. The second kappa shape index (κ2) is 8.15. The van der Waals surface area contributed by atoms with Crippen molar-refractivity contribution >= 4 is 51.7 Å². The van der Waals surface area contributed by atoms with E-state index in [1.807, 2.05) is 6.07 Å². The normalized spacial score (nSPS) is 10.8. The standard InChI is InChI=1S/C16H14ClN7O2S.ClH/c17-11-5-9(26-4-3-18)1-2-10(11)12-6-20-7-23(12)15-13-14(21-8-27-13)24(22-15)16(19)25;/h1-2,5-8H,3-4,18H2,(H2,19,25);1H. The van der Waals surface area contributed by atoms with Crippen molar-refractivity contribution in [2.75, 3.05) is 13.2 Å². The maximum Gasteiger partial charge on any atom is 0.341 e. The van der Waals surface area contributed by atoms with Crippen molar-refractivity contribution in [2.45, 2.75) is 0 Å². The van der Waals surface area contributed by atoms with E-state index in [1.165, 1.54) is 11.3 Å². The third kappa shape index (κ3) is 3.42. The first kappa shape index (κ1) is 20.1. The number of aromatic nitrogens is 5. The Morgan fingerprint density at radius 3 is 2.89 bits per heavy atom. The van der Waals surface area contributed by atoms with Gasteiger partial charge in [-0.05, 0) is 18.2 Å². The van der Waals surface area contributed by atoms with Gasteiger partial charge in [-0.3, -0.25) is 4.57 Å². The summed E-state index contributed by atoms with van der Waals surface area (Å²) < 4.78 is 9.01. The van der Waals surface area contributed by atoms with Crippen LogP contribution in [0.2, 0.25) is 5.02 Å². The van der Waals surface area contributed by atoms with Crippen LogP contribution in [0.4, 0.5) is 4.79 Å². The highest BCUT2D eigenvalue weighted by atomic mass is 35.5. The van der Waals surface area contributed by atoms with Crippen LogP contribution in [0.5, 0.6) is 5.75 Å². The predicted molar refractivity (Wildman–Crippen MR) is 110 cm³/mol. The zero-order valence-electron chi connectivity index (χ0n) is 14.3. The average Bonchev–Trinajstić information content (AvgIpc) is 3.35. The van der Waals surface area contributed by atoms with Gasteiger partial charge in [-0.2, -0.15) is 4.68 Å². The van der Waals surface area contributed by atoms with Crippen molar-refractivity contribution in [3.05, 3.63) is 41.3 Å². The molecule has 3 aromatic heterocycles. The summed E-state index contributed by atoms with van der Waals surface area (Å²) in [7, 11) is 0. The lowest BCUT2D eigenvalue weighted by atomic mass is 10.1. The van der Waals surface area contributed by atoms with E-state index in [4.69, 9.17) is 27.8 Å². The van der Waals surface area contributed by atoms with Crippen LogP contribution < -0.4 is 16.2 Å². The maximum absolute atomic E-state index is 11.6. The van der Waals surface area contributed by atoms with E-state index in [0.29, 0.717) is 45.8 Å². The van der Waals surface area contributed by atoms with Gasteiger partial charge in [-0.15, -0.1) is 28.8 Å². The van der Waals surface area contributed by atoms with Gasteiger partial charge >= 0.3 is 6.03 Å². The fourth-order valence-corrected chi connectivity index (χ4v) is 3.69. The Balaban J connectivity index is 0.00000225. The van der Waals surface area contributed by atoms with Crippen molar-refractivity contribution in [3.8, 4) is 22.8 Å². The molecule has 0 atom stereocenters. The number of amides is 1. The minimum Gasteiger partial charge on any atom is -0.492 e. The second-order valence-electron chi connectivity index (χ2n) is 5.51. The van der Waals surface area contributed by atoms with E-state index >= 15 is 0 Å². The number of nitrogens with two attached hydrogens (primary N) is 2. The molecule has 4 N–H and O–H groups in total. The number of nitrogens with zero attached hydrogens (tertiary/aromatic N) is 5. The van der Waals surface area contributed by atoms with Gasteiger partial charge in [0.05, 0.1) is 22.4 Å². The fraction of sp³-hybridized carbons (Fsp3) is 0.125. The fourth-order valence-electron chi connectivity index (χ4n) is 2.68. The molecule has 1 aromatic carbocycles. The van der Waals surface area contributed by atoms with Gasteiger partial charge < -0.3 is 16.2 Å². The van der Waals surface area contributed by atoms with Crippen LogP contribution in [0.15, 0.2) is 36.2 Å². The smallest absolute Gasteiger partial charge is 0.341 e. The number of ether oxygens (including phenoxy) is 1. The van der Waals surface area contributed by atoms with Crippen molar-refractivity contribution in [1.82, 2.24) is 24.3 Å². The highest BCUT2D eigenvalue weighted by Gasteiger charge is 2.20. The number of carbonyl (C=O) groups excluding carboxylic acids is 1. The second-order valence-corrected chi connectivity index (χ2v) is 6.77. The van der Waals surface area contributed by atoms with Gasteiger partial charge in [0.2, 0.25) is 0 Å². The van der Waals surface area contributed by atoms with Crippen LogP contribution in [0.1, 0.15) is 0 Å². The molecule has 12 heteroatoms. The summed E-state index contributed by atoms with van der Waals surface area (Å²) in [5, 5.41) is 4.78. The van der Waals surface area contributed by atoms with E-state index in [1.54, 1.807) is 34.7 Å². The minimum atomic E-state index is -0.710. The summed E-state index contributed by atoms with van der Waals surface area (Å²) in [4.78, 5) is 20.0. The van der Waals surface area contributed by atoms with E-state index in [2.05, 4.69) is 15.1 Å². The monoisotopic (exact) mass is 439 g/mol. The first-order valence-corrected chi connectivity index (χ1v) is 9.13. The van der Waals surface area contributed by atoms with Gasteiger partial charge in [0.15, 0.2) is 11.5 Å². The van der Waals surface area contributed by atoms with Crippen LogP contribution in [0, 0.1) is 0 Å². The number of rotatable bonds is 5. The van der Waals surface area contributed by atoms with Gasteiger partial charge in [0, 0.05) is 12.1 Å². The molecule has 146 valence electrons. The van der Waals surface area contributed by atoms with Crippen molar-refractivity contribution in [2.24, 2.45) is 11.5 Å². The van der Waals surface area contributed by atoms with Crippen molar-refractivity contribution in [3.63, 3.8) is 0 Å². The molecule has 4 rings (SSSR count). The van der Waals surface area contributed by atoms with E-state index < -0.39 is 6.03 Å². The van der Waals surface area contributed by atoms with Crippen molar-refractivity contribution < 1.29 is 9.53 Å². The molecule has 0 radical (unpaired) electrons. The molecule has 0 saturated heterocycles. The lowest BCUT2D eigenvalue weighted by Crippen LogP contribution is -2.21. The topological polar surface area (TPSA) is 127 Å². The quantitative estimate of drug-likeness (QED) is 0.491. The summed E-state index contributed by atoms with van der Waals surface area (Å²) >= 11 is 7.80. The molecule has 0 saturated carbocycles. The number of benzene rings is 1. The number of hydrogen-bond acceptors (Lipinski definition) is 7. The average molecular weight is 440 g/mol. The Kier molecular flexibility index (Phi) is 5.84. The summed E-state index contributed by atoms with van der Waals surface area (Å²) in [6.07, 6.45) is 3.26. The Hall–Kier alpha value is -2.66. The predicted octanol–water partition coefficient (Wildman–Crippen LogP) is 2.69. The Bertz CT molecular complexity index is 1140. The molecule has 0 spiro atoms. The molecule has 0 aliphatic carbocycles. The van der Waals surface area contributed by atoms with Gasteiger partial charge in [0.25, 0.3) is 0 Å². The van der Waals surface area contributed by atoms with Crippen LogP contribution in [0.3, 0.4) is 0 Å². The first-order chi connectivity index (χ1) is 13.1. The van der Waals surface area contributed by atoms with E-state index in [9.17, 15) is 4.79 Å². The number of fused-ring (bicyclic) bond motifs is 1. The van der Waals surface area contributed by atoms with Crippen LogP contribution in [-0.4, -0.2) is 43.5 Å². The van der Waals surface area contributed by atoms with Crippen LogP contribution in [-0.2, 0) is 0 Å². The molecule has 0 unspecified atom stereocenters. The molecule has 0 bridgehead atoms. The molecule has 0 aliphatic rings. The number of thiazole rings is 1. The number of carbonyl (C=O) groups is 1. The maximum atomic E-state index is 11.6. The third-order valence-electron chi connectivity index (χ3n) is 3.83. The number of hydrogen-bond donors (Lipinski definition) is 2. The molecule has 4 aromatic rings. The largest absolute Gasteiger partial charge is 0.492 e. The number of imidazole rings is 1. The van der Waals surface area contributed by atoms with Crippen LogP contribution in [0.25, 0.3) is 27.4 Å². The lowest BCUT2D eigenvalue weighted by molar-refractivity contribution is 0.248. The molecular formula is C16H15Cl2N7O2S. The lowest BCUT2D eigenvalue weighted by Gasteiger charge is -2.10. The van der Waals surface area contributed by atoms with E-state index in [0.717, 1.165) is 10.2 Å². The number of primary amides is 1. The summed E-state index contributed by atoms with van der Waals surface area (Å²) in [5.74, 6) is 1.13. The number of halogens is 2. The first-order valence-electron chi connectivity index (χ1n) is 7.87. The zero-order valence-corrected chi connectivity index (χ0v) is 16.7. The highest BCUT2D eigenvalue weighted by Crippen LogP contribution is 2.34. The summed E-state index contributed by atoms with van der Waals surface area (Å²) in [6.45, 7) is 0.820. The molecule has 0 fully saturated rings. The van der Waals surface area contributed by atoms with Gasteiger partial charge in [-0.1, -0.05) is 11.6 Å². The summed E-state index contributed by atoms with van der Waals surface area (Å²) in [6, 6.07) is 4.64. The Morgan fingerprint density at radius 1 is 1.36 bits per heavy atom. The summed E-state index contributed by atoms with van der Waals surface area (Å²) in [5.41, 5.74) is 14.3. The Labute approximate surface area is 174 Å². The molecule has 3 heterocycles. The molecule has 9 nitrogen and oxygen atoms in total. The molecule has 0 aliphatic heterocycles. The Morgan fingerprint density at radius 2 is 2.18 bits per heavy atom. The third-order valence-corrected chi connectivity index (χ3v) is 4.95. The highest BCUT2D eigenvalue weighted by molar-refractivity contribution is 7.17. The van der Waals surface area contributed by atoms with Gasteiger partial charge in [0.1, 0.15) is 23.4 Å².